The first kappa shape index (κ1) is 12.8. The SMILES string of the molecule is CCN1C(=O)C(=Cc2ccccc2Br)SC1=S. The number of hydrogen-bond acceptors (Lipinski definition) is 3. The maximum Gasteiger partial charge on any atom is 0.266 e. The molecule has 1 aromatic rings. The Kier molecular flexibility index (Phi) is 4.01. The molecule has 1 saturated heterocycles. The van der Waals surface area contributed by atoms with Gasteiger partial charge in [-0.15, -0.1) is 0 Å². The summed E-state index contributed by atoms with van der Waals surface area (Å²) in [6.07, 6.45) is 1.87. The number of halogens is 1. The van der Waals surface area contributed by atoms with Crippen molar-refractivity contribution in [3.8, 4) is 0 Å². The quantitative estimate of drug-likeness (QED) is 0.610. The Bertz CT molecular complexity index is 513. The zero-order valence-electron chi connectivity index (χ0n) is 9.14. The molecule has 1 fully saturated rings. The van der Waals surface area contributed by atoms with Gasteiger partial charge in [0.2, 0.25) is 0 Å². The number of hydrogen-bond donors (Lipinski definition) is 0. The van der Waals surface area contributed by atoms with Crippen molar-refractivity contribution < 1.29 is 4.79 Å². The average Bonchev–Trinajstić information content (AvgIpc) is 2.57. The van der Waals surface area contributed by atoms with Crippen molar-refractivity contribution in [1.82, 2.24) is 4.90 Å². The molecule has 1 aromatic carbocycles. The zero-order chi connectivity index (χ0) is 12.4. The number of likely N-dealkylation sites (N-methyl/N-ethyl adjacent to an activating group) is 1. The second kappa shape index (κ2) is 5.33. The second-order valence-corrected chi connectivity index (χ2v) is 5.98. The first-order valence-corrected chi connectivity index (χ1v) is 7.15. The third-order valence-electron chi connectivity index (χ3n) is 2.38. The maximum absolute atomic E-state index is 12.0. The van der Waals surface area contributed by atoms with E-state index in [-0.39, 0.29) is 5.91 Å². The molecule has 1 aliphatic heterocycles. The van der Waals surface area contributed by atoms with E-state index >= 15 is 0 Å². The molecule has 88 valence electrons. The number of nitrogens with zero attached hydrogens (tertiary/aromatic N) is 1. The summed E-state index contributed by atoms with van der Waals surface area (Å²) in [4.78, 5) is 14.3. The van der Waals surface area contributed by atoms with Gasteiger partial charge >= 0.3 is 0 Å². The molecule has 0 aliphatic carbocycles. The topological polar surface area (TPSA) is 20.3 Å². The van der Waals surface area contributed by atoms with E-state index in [9.17, 15) is 4.79 Å². The molecule has 0 radical (unpaired) electrons. The number of thioether (sulfide) groups is 1. The lowest BCUT2D eigenvalue weighted by Crippen LogP contribution is -2.27. The molecule has 0 spiro atoms. The molecule has 17 heavy (non-hydrogen) atoms. The Labute approximate surface area is 118 Å². The Morgan fingerprint density at radius 2 is 2.18 bits per heavy atom. The fourth-order valence-electron chi connectivity index (χ4n) is 1.51. The third-order valence-corrected chi connectivity index (χ3v) is 4.48. The van der Waals surface area contributed by atoms with E-state index in [0.717, 1.165) is 10.0 Å². The van der Waals surface area contributed by atoms with Crippen LogP contribution < -0.4 is 0 Å². The number of benzene rings is 1. The molecule has 0 bridgehead atoms. The molecule has 1 aliphatic rings. The summed E-state index contributed by atoms with van der Waals surface area (Å²) in [6.45, 7) is 2.55. The molecule has 0 aromatic heterocycles. The summed E-state index contributed by atoms with van der Waals surface area (Å²) < 4.78 is 1.61. The molecule has 1 heterocycles. The highest BCUT2D eigenvalue weighted by atomic mass is 79.9. The number of amides is 1. The summed E-state index contributed by atoms with van der Waals surface area (Å²) >= 11 is 9.98. The summed E-state index contributed by atoms with van der Waals surface area (Å²) in [7, 11) is 0. The van der Waals surface area contributed by atoms with Gasteiger partial charge in [-0.1, -0.05) is 58.1 Å². The van der Waals surface area contributed by atoms with Crippen molar-refractivity contribution in [1.29, 1.82) is 0 Å². The summed E-state index contributed by atoms with van der Waals surface area (Å²) in [6, 6.07) is 7.80. The lowest BCUT2D eigenvalue weighted by Gasteiger charge is -2.09. The number of thiocarbonyl (C=S) groups is 1. The van der Waals surface area contributed by atoms with E-state index in [1.54, 1.807) is 4.90 Å². The van der Waals surface area contributed by atoms with Crippen LogP contribution in [-0.2, 0) is 4.79 Å². The highest BCUT2D eigenvalue weighted by Crippen LogP contribution is 2.33. The fraction of sp³-hybridized carbons (Fsp3) is 0.167. The van der Waals surface area contributed by atoms with Gasteiger partial charge in [0, 0.05) is 11.0 Å². The number of carbonyl (C=O) groups excluding carboxylic acids is 1. The van der Waals surface area contributed by atoms with E-state index in [4.69, 9.17) is 12.2 Å². The molecule has 2 nitrogen and oxygen atoms in total. The van der Waals surface area contributed by atoms with E-state index in [0.29, 0.717) is 15.8 Å². The van der Waals surface area contributed by atoms with Crippen LogP contribution in [-0.4, -0.2) is 21.7 Å². The molecule has 0 unspecified atom stereocenters. The minimum atomic E-state index is -0.00162. The summed E-state index contributed by atoms with van der Waals surface area (Å²) in [5, 5.41) is 0. The molecule has 0 atom stereocenters. The highest BCUT2D eigenvalue weighted by Gasteiger charge is 2.30. The van der Waals surface area contributed by atoms with Crippen molar-refractivity contribution in [3.63, 3.8) is 0 Å². The van der Waals surface area contributed by atoms with E-state index in [1.165, 1.54) is 11.8 Å². The Balaban J connectivity index is 2.34. The van der Waals surface area contributed by atoms with Crippen molar-refractivity contribution in [2.24, 2.45) is 0 Å². The van der Waals surface area contributed by atoms with Gasteiger partial charge < -0.3 is 0 Å². The van der Waals surface area contributed by atoms with E-state index in [2.05, 4.69) is 15.9 Å². The van der Waals surface area contributed by atoms with Gasteiger partial charge in [-0.25, -0.2) is 0 Å². The lowest BCUT2D eigenvalue weighted by molar-refractivity contribution is -0.121. The molecule has 2 rings (SSSR count). The Morgan fingerprint density at radius 1 is 1.47 bits per heavy atom. The molecule has 1 amide bonds. The van der Waals surface area contributed by atoms with Crippen LogP contribution in [0.3, 0.4) is 0 Å². The van der Waals surface area contributed by atoms with Crippen LogP contribution in [0.1, 0.15) is 12.5 Å². The predicted molar refractivity (Wildman–Crippen MR) is 79.7 cm³/mol. The normalized spacial score (nSPS) is 18.2. The van der Waals surface area contributed by atoms with Crippen LogP contribution in [0, 0.1) is 0 Å². The molecule has 0 saturated carbocycles. The van der Waals surface area contributed by atoms with Crippen LogP contribution >= 0.6 is 39.9 Å². The van der Waals surface area contributed by atoms with Gasteiger partial charge in [0.15, 0.2) is 0 Å². The number of carbonyl (C=O) groups is 1. The van der Waals surface area contributed by atoms with Crippen LogP contribution in [0.5, 0.6) is 0 Å². The van der Waals surface area contributed by atoms with E-state index in [1.807, 2.05) is 37.3 Å². The van der Waals surface area contributed by atoms with Crippen LogP contribution in [0.15, 0.2) is 33.6 Å². The van der Waals surface area contributed by atoms with Crippen LogP contribution in [0.25, 0.3) is 6.08 Å². The zero-order valence-corrected chi connectivity index (χ0v) is 12.4. The average molecular weight is 328 g/mol. The van der Waals surface area contributed by atoms with Crippen molar-refractivity contribution in [2.75, 3.05) is 6.54 Å². The van der Waals surface area contributed by atoms with Gasteiger partial charge in [-0.3, -0.25) is 9.69 Å². The van der Waals surface area contributed by atoms with Gasteiger partial charge in [0.1, 0.15) is 4.32 Å². The fourth-order valence-corrected chi connectivity index (χ4v) is 3.28. The highest BCUT2D eigenvalue weighted by molar-refractivity contribution is 9.10. The van der Waals surface area contributed by atoms with Gasteiger partial charge in [-0.05, 0) is 24.6 Å². The minimum Gasteiger partial charge on any atom is -0.293 e. The first-order chi connectivity index (χ1) is 8.13. The van der Waals surface area contributed by atoms with Crippen molar-refractivity contribution in [2.45, 2.75) is 6.92 Å². The largest absolute Gasteiger partial charge is 0.293 e. The van der Waals surface area contributed by atoms with Gasteiger partial charge in [0.25, 0.3) is 5.91 Å². The van der Waals surface area contributed by atoms with Crippen LogP contribution in [0.4, 0.5) is 0 Å². The Morgan fingerprint density at radius 3 is 2.76 bits per heavy atom. The van der Waals surface area contributed by atoms with Gasteiger partial charge in [0.05, 0.1) is 4.91 Å². The van der Waals surface area contributed by atoms with Crippen molar-refractivity contribution >= 4 is 56.2 Å². The predicted octanol–water partition coefficient (Wildman–Crippen LogP) is 3.67. The lowest BCUT2D eigenvalue weighted by atomic mass is 10.2. The molecular weight excluding hydrogens is 318 g/mol. The maximum atomic E-state index is 12.0. The van der Waals surface area contributed by atoms with E-state index < -0.39 is 0 Å². The van der Waals surface area contributed by atoms with Crippen LogP contribution in [0.2, 0.25) is 0 Å². The van der Waals surface area contributed by atoms with Crippen molar-refractivity contribution in [3.05, 3.63) is 39.2 Å². The molecule has 0 N–H and O–H groups in total. The minimum absolute atomic E-state index is 0.00162. The molecule has 5 heteroatoms. The van der Waals surface area contributed by atoms with Gasteiger partial charge in [-0.2, -0.15) is 0 Å². The summed E-state index contributed by atoms with van der Waals surface area (Å²) in [5.74, 6) is -0.00162. The Hall–Kier alpha value is -0.650. The monoisotopic (exact) mass is 327 g/mol. The first-order valence-electron chi connectivity index (χ1n) is 5.13. The summed E-state index contributed by atoms with van der Waals surface area (Å²) in [5.41, 5.74) is 0.990. The molecular formula is C12H10BrNOS2. The standard InChI is InChI=1S/C12H10BrNOS2/c1-2-14-11(15)10(17-12(14)16)7-8-5-3-4-6-9(8)13/h3-7H,2H2,1H3. The smallest absolute Gasteiger partial charge is 0.266 e. The second-order valence-electron chi connectivity index (χ2n) is 3.45. The number of rotatable bonds is 2. The third kappa shape index (κ3) is 2.61.